The predicted octanol–water partition coefficient (Wildman–Crippen LogP) is 1.38. The third kappa shape index (κ3) is 4.97. The Bertz CT molecular complexity index is 712. The first kappa shape index (κ1) is 24.3. The largest absolute Gasteiger partial charge is 0.387 e. The molecule has 0 radical (unpaired) electrons. The summed E-state index contributed by atoms with van der Waals surface area (Å²) in [5.74, 6) is 1.07. The van der Waals surface area contributed by atoms with Gasteiger partial charge in [0.1, 0.15) is 24.4 Å². The van der Waals surface area contributed by atoms with E-state index < -0.39 is 29.5 Å². The Balaban J connectivity index is 1.25. The van der Waals surface area contributed by atoms with Crippen molar-refractivity contribution in [1.82, 2.24) is 10.6 Å². The minimum Gasteiger partial charge on any atom is -0.387 e. The van der Waals surface area contributed by atoms with E-state index in [0.717, 1.165) is 50.8 Å². The van der Waals surface area contributed by atoms with Gasteiger partial charge in [0.05, 0.1) is 12.1 Å². The number of ether oxygens (including phenoxy) is 3. The number of thioether (sulfide) groups is 1. The Morgan fingerprint density at radius 1 is 1.24 bits per heavy atom. The van der Waals surface area contributed by atoms with Crippen molar-refractivity contribution in [2.75, 3.05) is 18.9 Å². The summed E-state index contributed by atoms with van der Waals surface area (Å²) in [6.45, 7) is 6.04. The van der Waals surface area contributed by atoms with Crippen LogP contribution >= 0.6 is 11.8 Å². The molecule has 0 spiro atoms. The summed E-state index contributed by atoms with van der Waals surface area (Å²) >= 11 is 1.54. The zero-order valence-corrected chi connectivity index (χ0v) is 20.6. The molecule has 5 saturated heterocycles. The lowest BCUT2D eigenvalue weighted by atomic mass is 9.85. The van der Waals surface area contributed by atoms with E-state index in [1.54, 1.807) is 0 Å². The molecule has 5 rings (SSSR count). The van der Waals surface area contributed by atoms with Crippen LogP contribution in [0.2, 0.25) is 0 Å². The topological polar surface area (TPSA) is 113 Å². The molecule has 5 aliphatic rings. The molecule has 5 heterocycles. The number of epoxide rings is 1. The van der Waals surface area contributed by atoms with Crippen LogP contribution in [0.5, 0.6) is 0 Å². The summed E-state index contributed by atoms with van der Waals surface area (Å²) in [6.07, 6.45) is 4.80. The molecule has 0 aliphatic carbocycles. The van der Waals surface area contributed by atoms with E-state index in [4.69, 9.17) is 14.2 Å². The lowest BCUT2D eigenvalue weighted by Crippen LogP contribution is -2.60. The first-order valence-electron chi connectivity index (χ1n) is 12.9. The Morgan fingerprint density at radius 3 is 2.91 bits per heavy atom. The first-order chi connectivity index (χ1) is 15.9. The zero-order valence-electron chi connectivity index (χ0n) is 19.8. The number of aliphatic hydroxyl groups is 2. The van der Waals surface area contributed by atoms with Gasteiger partial charge in [-0.15, -0.1) is 11.8 Å². The summed E-state index contributed by atoms with van der Waals surface area (Å²) in [7, 11) is 0. The summed E-state index contributed by atoms with van der Waals surface area (Å²) in [5, 5.41) is 28.1. The van der Waals surface area contributed by atoms with Gasteiger partial charge in [-0.1, -0.05) is 26.7 Å². The second kappa shape index (κ2) is 9.91. The summed E-state index contributed by atoms with van der Waals surface area (Å²) in [4.78, 5) is 13.4. The maximum atomic E-state index is 13.4. The van der Waals surface area contributed by atoms with E-state index in [9.17, 15) is 15.0 Å². The number of amides is 1. The molecule has 0 saturated carbocycles. The third-order valence-corrected chi connectivity index (χ3v) is 9.31. The number of hydrogen-bond acceptors (Lipinski definition) is 8. The van der Waals surface area contributed by atoms with Crippen molar-refractivity contribution >= 4 is 17.7 Å². The average Bonchev–Trinajstić information content (AvgIpc) is 3.40. The van der Waals surface area contributed by atoms with Gasteiger partial charge in [-0.25, -0.2) is 0 Å². The van der Waals surface area contributed by atoms with Crippen molar-refractivity contribution in [3.8, 4) is 0 Å². The van der Waals surface area contributed by atoms with Gasteiger partial charge in [0, 0.05) is 13.2 Å². The molecule has 8 nitrogen and oxygen atoms in total. The minimum atomic E-state index is -1.41. The van der Waals surface area contributed by atoms with Crippen LogP contribution < -0.4 is 10.6 Å². The van der Waals surface area contributed by atoms with E-state index >= 15 is 0 Å². The SMILES string of the molecule is CC(C)C[C@@H]1CCO[C@H]2C(C(=O)N[C@@H]3CCCCCSC4OC3C(O)C3OC43O)NC[C@@H]2C1. The van der Waals surface area contributed by atoms with Crippen LogP contribution in [0.15, 0.2) is 0 Å². The van der Waals surface area contributed by atoms with Crippen LogP contribution in [0, 0.1) is 17.8 Å². The smallest absolute Gasteiger partial charge is 0.240 e. The zero-order chi connectivity index (χ0) is 23.2. The number of nitrogens with one attached hydrogen (secondary N) is 2. The van der Waals surface area contributed by atoms with Gasteiger partial charge in [0.2, 0.25) is 11.7 Å². The highest BCUT2D eigenvalue weighted by Gasteiger charge is 2.70. The fourth-order valence-corrected chi connectivity index (χ4v) is 7.57. The van der Waals surface area contributed by atoms with Crippen molar-refractivity contribution in [2.45, 2.75) is 107 Å². The van der Waals surface area contributed by atoms with Gasteiger partial charge in [0.15, 0.2) is 5.44 Å². The van der Waals surface area contributed by atoms with Crippen molar-refractivity contribution in [2.24, 2.45) is 17.8 Å². The van der Waals surface area contributed by atoms with E-state index in [1.807, 2.05) is 0 Å². The predicted molar refractivity (Wildman–Crippen MR) is 125 cm³/mol. The third-order valence-electron chi connectivity index (χ3n) is 8.04. The highest BCUT2D eigenvalue weighted by Crippen LogP contribution is 2.50. The molecule has 188 valence electrons. The molecular weight excluding hydrogens is 444 g/mol. The van der Waals surface area contributed by atoms with Crippen LogP contribution in [0.1, 0.15) is 58.8 Å². The van der Waals surface area contributed by atoms with E-state index in [1.165, 1.54) is 18.2 Å². The second-order valence-corrected chi connectivity index (χ2v) is 12.2. The summed E-state index contributed by atoms with van der Waals surface area (Å²) in [6, 6.07) is -0.717. The molecule has 5 aliphatic heterocycles. The molecule has 4 N–H and O–H groups in total. The monoisotopic (exact) mass is 484 g/mol. The van der Waals surface area contributed by atoms with Gasteiger partial charge in [-0.3, -0.25) is 4.79 Å². The van der Waals surface area contributed by atoms with Crippen LogP contribution in [0.4, 0.5) is 0 Å². The van der Waals surface area contributed by atoms with Gasteiger partial charge in [-0.05, 0) is 55.6 Å². The molecule has 0 aromatic carbocycles. The standard InChI is InChI=1S/C24H40N2O6S/c1-13(2)10-14-7-8-30-19-15(11-14)12-25-17(19)22(28)26-16-6-4-3-5-9-33-23-24(29)21(32-24)18(27)20(16)31-23/h13-21,23,25,27,29H,3-12H2,1-2H3,(H,26,28)/t14-,15-,16+,17?,18?,19+,20?,21?,23?,24?/m0/s1. The first-order valence-corrected chi connectivity index (χ1v) is 13.9. The molecule has 2 bridgehead atoms. The molecule has 0 aromatic heterocycles. The highest BCUT2D eigenvalue weighted by atomic mass is 32.2. The fraction of sp³-hybridized carbons (Fsp3) is 0.958. The van der Waals surface area contributed by atoms with Crippen LogP contribution in [-0.2, 0) is 19.0 Å². The highest BCUT2D eigenvalue weighted by molar-refractivity contribution is 7.99. The lowest BCUT2D eigenvalue weighted by molar-refractivity contribution is -0.152. The summed E-state index contributed by atoms with van der Waals surface area (Å²) < 4.78 is 17.9. The van der Waals surface area contributed by atoms with Crippen LogP contribution in [0.25, 0.3) is 0 Å². The fourth-order valence-electron chi connectivity index (χ4n) is 6.35. The Labute approximate surface area is 200 Å². The Kier molecular flexibility index (Phi) is 7.29. The van der Waals surface area contributed by atoms with Crippen molar-refractivity contribution in [3.63, 3.8) is 0 Å². The number of carbonyl (C=O) groups excluding carboxylic acids is 1. The molecule has 33 heavy (non-hydrogen) atoms. The van der Waals surface area contributed by atoms with E-state index in [0.29, 0.717) is 24.4 Å². The second-order valence-electron chi connectivity index (χ2n) is 11.1. The molecular formula is C24H40N2O6S. The number of rotatable bonds is 4. The molecule has 5 fully saturated rings. The molecule has 9 heteroatoms. The molecule has 1 amide bonds. The van der Waals surface area contributed by atoms with Gasteiger partial charge < -0.3 is 35.1 Å². The van der Waals surface area contributed by atoms with Gasteiger partial charge in [-0.2, -0.15) is 0 Å². The van der Waals surface area contributed by atoms with Gasteiger partial charge in [0.25, 0.3) is 0 Å². The number of fused-ring (bicyclic) bond motifs is 5. The van der Waals surface area contributed by atoms with Crippen LogP contribution in [-0.4, -0.2) is 82.7 Å². The average molecular weight is 485 g/mol. The Morgan fingerprint density at radius 2 is 2.09 bits per heavy atom. The number of hydrogen-bond donors (Lipinski definition) is 4. The van der Waals surface area contributed by atoms with Crippen molar-refractivity contribution in [3.05, 3.63) is 0 Å². The lowest BCUT2D eigenvalue weighted by Gasteiger charge is -2.39. The summed E-state index contributed by atoms with van der Waals surface area (Å²) in [5.41, 5.74) is -0.537. The quantitative estimate of drug-likeness (QED) is 0.443. The van der Waals surface area contributed by atoms with Crippen molar-refractivity contribution in [1.29, 1.82) is 0 Å². The number of carbonyl (C=O) groups is 1. The molecule has 10 atom stereocenters. The normalized spacial score (nSPS) is 47.8. The van der Waals surface area contributed by atoms with E-state index in [2.05, 4.69) is 24.5 Å². The molecule has 0 aromatic rings. The van der Waals surface area contributed by atoms with Crippen molar-refractivity contribution < 1.29 is 29.2 Å². The van der Waals surface area contributed by atoms with E-state index in [-0.39, 0.29) is 24.1 Å². The Hall–Kier alpha value is -0.420. The number of aliphatic hydroxyl groups excluding tert-OH is 1. The van der Waals surface area contributed by atoms with Crippen LogP contribution in [0.3, 0.4) is 0 Å². The maximum absolute atomic E-state index is 13.4. The van der Waals surface area contributed by atoms with Gasteiger partial charge >= 0.3 is 0 Å². The minimum absolute atomic E-state index is 0.0792. The molecule has 6 unspecified atom stereocenters. The maximum Gasteiger partial charge on any atom is 0.240 e.